The Morgan fingerprint density at radius 3 is 3.00 bits per heavy atom. The van der Waals surface area contributed by atoms with Gasteiger partial charge in [-0.3, -0.25) is 14.4 Å². The van der Waals surface area contributed by atoms with Gasteiger partial charge in [-0.1, -0.05) is 0 Å². The number of carbonyl (C=O) groups is 2. The standard InChI is InChI=1S/C9H15N3O3/c1-9(3-2-4-10-9)8(14)11-6-5-15-12-7(6)13/h6,10H,2-5H2,1H3,(H,11,14)(H,12,13)/t6-,9?/m1/s1. The Bertz CT molecular complexity index is 286. The van der Waals surface area contributed by atoms with Crippen molar-refractivity contribution in [2.75, 3.05) is 13.2 Å². The number of carbonyl (C=O) groups excluding carboxylic acids is 2. The maximum absolute atomic E-state index is 11.9. The van der Waals surface area contributed by atoms with Crippen LogP contribution in [0, 0.1) is 0 Å². The van der Waals surface area contributed by atoms with Crippen LogP contribution in [0.1, 0.15) is 19.8 Å². The summed E-state index contributed by atoms with van der Waals surface area (Å²) in [4.78, 5) is 27.7. The molecule has 0 aromatic carbocycles. The zero-order valence-electron chi connectivity index (χ0n) is 8.63. The van der Waals surface area contributed by atoms with Crippen LogP contribution in [0.15, 0.2) is 0 Å². The van der Waals surface area contributed by atoms with E-state index in [4.69, 9.17) is 4.84 Å². The minimum atomic E-state index is -0.559. The summed E-state index contributed by atoms with van der Waals surface area (Å²) in [6.07, 6.45) is 1.78. The second-order valence-corrected chi connectivity index (χ2v) is 4.17. The van der Waals surface area contributed by atoms with Crippen molar-refractivity contribution >= 4 is 11.8 Å². The highest BCUT2D eigenvalue weighted by molar-refractivity contribution is 5.92. The van der Waals surface area contributed by atoms with Crippen molar-refractivity contribution in [2.45, 2.75) is 31.3 Å². The van der Waals surface area contributed by atoms with Gasteiger partial charge in [0.2, 0.25) is 5.91 Å². The lowest BCUT2D eigenvalue weighted by Gasteiger charge is -2.24. The maximum atomic E-state index is 11.9. The first-order valence-corrected chi connectivity index (χ1v) is 5.09. The fourth-order valence-electron chi connectivity index (χ4n) is 1.86. The van der Waals surface area contributed by atoms with E-state index in [0.717, 1.165) is 19.4 Å². The van der Waals surface area contributed by atoms with E-state index in [9.17, 15) is 9.59 Å². The second kappa shape index (κ2) is 3.79. The van der Waals surface area contributed by atoms with E-state index in [1.165, 1.54) is 0 Å². The van der Waals surface area contributed by atoms with Crippen molar-refractivity contribution in [3.8, 4) is 0 Å². The highest BCUT2D eigenvalue weighted by atomic mass is 16.7. The third-order valence-corrected chi connectivity index (χ3v) is 2.91. The monoisotopic (exact) mass is 213 g/mol. The summed E-state index contributed by atoms with van der Waals surface area (Å²) in [5.41, 5.74) is 1.67. The predicted octanol–water partition coefficient (Wildman–Crippen LogP) is -1.33. The molecule has 15 heavy (non-hydrogen) atoms. The van der Waals surface area contributed by atoms with Crippen molar-refractivity contribution in [1.82, 2.24) is 16.1 Å². The van der Waals surface area contributed by atoms with Crippen LogP contribution in [-0.4, -0.2) is 36.5 Å². The summed E-state index contributed by atoms with van der Waals surface area (Å²) in [6, 6.07) is -0.559. The molecular formula is C9H15N3O3. The Kier molecular flexibility index (Phi) is 2.62. The van der Waals surface area contributed by atoms with Crippen LogP contribution in [0.5, 0.6) is 0 Å². The van der Waals surface area contributed by atoms with Crippen LogP contribution >= 0.6 is 0 Å². The smallest absolute Gasteiger partial charge is 0.268 e. The topological polar surface area (TPSA) is 79.5 Å². The Hall–Kier alpha value is -1.14. The van der Waals surface area contributed by atoms with Gasteiger partial charge in [-0.25, -0.2) is 5.48 Å². The number of hydroxylamine groups is 1. The Balaban J connectivity index is 1.94. The van der Waals surface area contributed by atoms with Crippen LogP contribution in [0.4, 0.5) is 0 Å². The first-order valence-electron chi connectivity index (χ1n) is 5.09. The van der Waals surface area contributed by atoms with Gasteiger partial charge in [0.15, 0.2) is 0 Å². The van der Waals surface area contributed by atoms with Gasteiger partial charge >= 0.3 is 0 Å². The molecular weight excluding hydrogens is 198 g/mol. The molecule has 0 radical (unpaired) electrons. The molecule has 2 saturated heterocycles. The van der Waals surface area contributed by atoms with E-state index in [1.807, 2.05) is 6.92 Å². The second-order valence-electron chi connectivity index (χ2n) is 4.17. The molecule has 6 nitrogen and oxygen atoms in total. The molecule has 0 spiro atoms. The molecule has 2 aliphatic heterocycles. The first-order chi connectivity index (χ1) is 7.12. The van der Waals surface area contributed by atoms with Crippen molar-refractivity contribution in [2.24, 2.45) is 0 Å². The van der Waals surface area contributed by atoms with Gasteiger partial charge in [0.25, 0.3) is 5.91 Å². The molecule has 0 aromatic rings. The van der Waals surface area contributed by atoms with Crippen LogP contribution in [0.3, 0.4) is 0 Å². The molecule has 3 N–H and O–H groups in total. The minimum absolute atomic E-state index is 0.134. The molecule has 84 valence electrons. The van der Waals surface area contributed by atoms with E-state index >= 15 is 0 Å². The van der Waals surface area contributed by atoms with Gasteiger partial charge in [-0.2, -0.15) is 0 Å². The molecule has 2 fully saturated rings. The van der Waals surface area contributed by atoms with E-state index < -0.39 is 11.6 Å². The summed E-state index contributed by atoms with van der Waals surface area (Å²) in [7, 11) is 0. The summed E-state index contributed by atoms with van der Waals surface area (Å²) < 4.78 is 0. The lowest BCUT2D eigenvalue weighted by Crippen LogP contribution is -2.55. The summed E-state index contributed by atoms with van der Waals surface area (Å²) >= 11 is 0. The normalized spacial score (nSPS) is 35.3. The molecule has 0 bridgehead atoms. The van der Waals surface area contributed by atoms with Gasteiger partial charge in [0, 0.05) is 0 Å². The van der Waals surface area contributed by atoms with Crippen molar-refractivity contribution in [3.05, 3.63) is 0 Å². The Morgan fingerprint density at radius 1 is 1.67 bits per heavy atom. The number of amides is 2. The van der Waals surface area contributed by atoms with Crippen LogP contribution in [0.25, 0.3) is 0 Å². The van der Waals surface area contributed by atoms with E-state index in [0.29, 0.717) is 0 Å². The molecule has 6 heteroatoms. The van der Waals surface area contributed by atoms with Gasteiger partial charge in [0.05, 0.1) is 5.54 Å². The zero-order chi connectivity index (χ0) is 10.9. The zero-order valence-corrected chi connectivity index (χ0v) is 8.63. The molecule has 1 unspecified atom stereocenters. The summed E-state index contributed by atoms with van der Waals surface area (Å²) in [5, 5.41) is 5.81. The molecule has 2 rings (SSSR count). The van der Waals surface area contributed by atoms with Gasteiger partial charge in [-0.15, -0.1) is 0 Å². The first kappa shape index (κ1) is 10.4. The number of hydrogen-bond acceptors (Lipinski definition) is 4. The maximum Gasteiger partial charge on any atom is 0.268 e. The van der Waals surface area contributed by atoms with E-state index in [-0.39, 0.29) is 18.4 Å². The number of nitrogens with one attached hydrogen (secondary N) is 3. The fourth-order valence-corrected chi connectivity index (χ4v) is 1.86. The molecule has 0 saturated carbocycles. The molecule has 0 aromatic heterocycles. The average molecular weight is 213 g/mol. The number of rotatable bonds is 2. The van der Waals surface area contributed by atoms with Crippen molar-refractivity contribution in [3.63, 3.8) is 0 Å². The fraction of sp³-hybridized carbons (Fsp3) is 0.778. The molecule has 2 heterocycles. The van der Waals surface area contributed by atoms with E-state index in [1.54, 1.807) is 0 Å². The van der Waals surface area contributed by atoms with Crippen LogP contribution in [0.2, 0.25) is 0 Å². The average Bonchev–Trinajstić information content (AvgIpc) is 2.78. The highest BCUT2D eigenvalue weighted by Crippen LogP contribution is 2.18. The quantitative estimate of drug-likeness (QED) is 0.531. The number of hydrogen-bond donors (Lipinski definition) is 3. The Morgan fingerprint density at radius 2 is 2.47 bits per heavy atom. The van der Waals surface area contributed by atoms with Crippen molar-refractivity contribution < 1.29 is 14.4 Å². The van der Waals surface area contributed by atoms with Crippen molar-refractivity contribution in [1.29, 1.82) is 0 Å². The molecule has 2 amide bonds. The lowest BCUT2D eigenvalue weighted by molar-refractivity contribution is -0.131. The molecule has 2 atom stereocenters. The molecule has 0 aliphatic carbocycles. The third kappa shape index (κ3) is 1.95. The lowest BCUT2D eigenvalue weighted by atomic mass is 9.99. The van der Waals surface area contributed by atoms with Crippen LogP contribution < -0.4 is 16.1 Å². The SMILES string of the molecule is CC1(C(=O)N[C@@H]2CONC2=O)CCCN1. The third-order valence-electron chi connectivity index (χ3n) is 2.91. The summed E-state index contributed by atoms with van der Waals surface area (Å²) in [6.45, 7) is 2.89. The van der Waals surface area contributed by atoms with Gasteiger partial charge in [0.1, 0.15) is 12.6 Å². The molecule has 2 aliphatic rings. The van der Waals surface area contributed by atoms with Gasteiger partial charge in [-0.05, 0) is 26.3 Å². The van der Waals surface area contributed by atoms with Crippen LogP contribution in [-0.2, 0) is 14.4 Å². The largest absolute Gasteiger partial charge is 0.341 e. The predicted molar refractivity (Wildman–Crippen MR) is 51.7 cm³/mol. The van der Waals surface area contributed by atoms with E-state index in [2.05, 4.69) is 16.1 Å². The Labute approximate surface area is 87.7 Å². The van der Waals surface area contributed by atoms with Gasteiger partial charge < -0.3 is 10.6 Å². The highest BCUT2D eigenvalue weighted by Gasteiger charge is 2.38. The summed E-state index contributed by atoms with van der Waals surface area (Å²) in [5.74, 6) is -0.421. The minimum Gasteiger partial charge on any atom is -0.341 e.